The maximum atomic E-state index is 13.3. The topological polar surface area (TPSA) is 125 Å². The van der Waals surface area contributed by atoms with Gasteiger partial charge in [0.05, 0.1) is 24.4 Å². The third-order valence-electron chi connectivity index (χ3n) is 5.48. The molecule has 0 atom stereocenters. The van der Waals surface area contributed by atoms with E-state index in [0.29, 0.717) is 39.9 Å². The molecule has 0 spiro atoms. The summed E-state index contributed by atoms with van der Waals surface area (Å²) in [5.74, 6) is 0.604. The number of carbonyl (C=O) groups excluding carboxylic acids is 2. The molecule has 11 heteroatoms. The van der Waals surface area contributed by atoms with Crippen molar-refractivity contribution in [1.29, 1.82) is 0 Å². The molecule has 4 aromatic rings. The lowest BCUT2D eigenvalue weighted by Gasteiger charge is -2.15. The first-order chi connectivity index (χ1) is 18.4. The minimum atomic E-state index is -0.563. The van der Waals surface area contributed by atoms with Crippen LogP contribution >= 0.6 is 11.6 Å². The van der Waals surface area contributed by atoms with Crippen LogP contribution in [0.15, 0.2) is 71.9 Å². The van der Waals surface area contributed by atoms with Gasteiger partial charge >= 0.3 is 5.97 Å². The minimum absolute atomic E-state index is 0.00932. The van der Waals surface area contributed by atoms with E-state index in [-0.39, 0.29) is 36.0 Å². The van der Waals surface area contributed by atoms with Gasteiger partial charge in [0, 0.05) is 48.7 Å². The van der Waals surface area contributed by atoms with Crippen LogP contribution in [0.1, 0.15) is 35.1 Å². The van der Waals surface area contributed by atoms with Crippen LogP contribution in [-0.2, 0) is 22.5 Å². The van der Waals surface area contributed by atoms with Gasteiger partial charge in [-0.1, -0.05) is 18.5 Å². The highest BCUT2D eigenvalue weighted by Crippen LogP contribution is 2.24. The smallest absolute Gasteiger partial charge is 0.356 e. The number of hydrogen-bond acceptors (Lipinski definition) is 9. The fraction of sp³-hybridized carbons (Fsp3) is 0.185. The number of methoxy groups -OCH3 is 1. The molecule has 0 saturated heterocycles. The molecule has 1 aromatic carbocycles. The van der Waals surface area contributed by atoms with E-state index in [1.807, 2.05) is 0 Å². The van der Waals surface area contributed by atoms with E-state index >= 15 is 0 Å². The first-order valence-corrected chi connectivity index (χ1v) is 12.0. The lowest BCUT2D eigenvalue weighted by molar-refractivity contribution is -0.118. The normalized spacial score (nSPS) is 10.6. The highest BCUT2D eigenvalue weighted by Gasteiger charge is 2.15. The molecule has 3 heterocycles. The summed E-state index contributed by atoms with van der Waals surface area (Å²) in [5.41, 5.74) is 1.35. The van der Waals surface area contributed by atoms with Crippen LogP contribution in [0, 0.1) is 0 Å². The Labute approximate surface area is 223 Å². The van der Waals surface area contributed by atoms with E-state index in [0.717, 1.165) is 0 Å². The van der Waals surface area contributed by atoms with E-state index in [2.05, 4.69) is 25.0 Å². The molecule has 0 aliphatic rings. The maximum absolute atomic E-state index is 13.3. The first-order valence-electron chi connectivity index (χ1n) is 11.7. The van der Waals surface area contributed by atoms with Gasteiger partial charge in [-0.3, -0.25) is 19.1 Å². The van der Waals surface area contributed by atoms with E-state index in [1.165, 1.54) is 36.3 Å². The Bertz CT molecular complexity index is 1500. The summed E-state index contributed by atoms with van der Waals surface area (Å²) in [7, 11) is 1.28. The third kappa shape index (κ3) is 6.60. The van der Waals surface area contributed by atoms with Gasteiger partial charge in [-0.25, -0.2) is 14.8 Å². The highest BCUT2D eigenvalue weighted by atomic mass is 35.5. The Hall–Kier alpha value is -4.57. The Morgan fingerprint density at radius 1 is 1.00 bits per heavy atom. The van der Waals surface area contributed by atoms with Gasteiger partial charge in [0.2, 0.25) is 5.95 Å². The molecular weight excluding hydrogens is 510 g/mol. The number of anilines is 2. The van der Waals surface area contributed by atoms with Crippen molar-refractivity contribution in [3.63, 3.8) is 0 Å². The van der Waals surface area contributed by atoms with Crippen molar-refractivity contribution >= 4 is 35.0 Å². The summed E-state index contributed by atoms with van der Waals surface area (Å²) in [6, 6.07) is 13.5. The summed E-state index contributed by atoms with van der Waals surface area (Å²) in [5, 5.41) is 3.63. The zero-order valence-corrected chi connectivity index (χ0v) is 21.4. The number of carbonyl (C=O) groups is 2. The molecule has 0 unspecified atom stereocenters. The number of aromatic nitrogens is 4. The first kappa shape index (κ1) is 26.5. The molecule has 0 aliphatic heterocycles. The molecule has 194 valence electrons. The van der Waals surface area contributed by atoms with E-state index in [9.17, 15) is 14.4 Å². The average Bonchev–Trinajstić information content (AvgIpc) is 2.94. The predicted octanol–water partition coefficient (Wildman–Crippen LogP) is 4.58. The quantitative estimate of drug-likeness (QED) is 0.291. The van der Waals surface area contributed by atoms with Gasteiger partial charge in [0.25, 0.3) is 5.56 Å². The molecule has 3 aromatic heterocycles. The number of ketones is 1. The number of rotatable bonds is 10. The molecule has 0 aliphatic carbocycles. The Morgan fingerprint density at radius 3 is 2.47 bits per heavy atom. The van der Waals surface area contributed by atoms with Crippen LogP contribution < -0.4 is 15.6 Å². The summed E-state index contributed by atoms with van der Waals surface area (Å²) in [6.07, 6.45) is 4.72. The van der Waals surface area contributed by atoms with Gasteiger partial charge in [0.1, 0.15) is 17.3 Å². The van der Waals surface area contributed by atoms with Crippen molar-refractivity contribution in [2.75, 3.05) is 12.4 Å². The number of Topliss-reactive ketones (excluding diaryl/α,β-unsaturated/α-hetero) is 1. The molecule has 0 bridgehead atoms. The highest BCUT2D eigenvalue weighted by molar-refractivity contribution is 6.30. The van der Waals surface area contributed by atoms with Crippen molar-refractivity contribution < 1.29 is 19.1 Å². The van der Waals surface area contributed by atoms with E-state index in [4.69, 9.17) is 16.3 Å². The second-order valence-electron chi connectivity index (χ2n) is 8.15. The van der Waals surface area contributed by atoms with Gasteiger partial charge in [-0.2, -0.15) is 0 Å². The van der Waals surface area contributed by atoms with Crippen LogP contribution in [0.4, 0.5) is 11.6 Å². The SMILES string of the molecule is CCC(=O)Cc1cnc(Nc2ccc(Oc3ccnc(C(=O)OC)c3)cc2)n(Cc2ccc(Cl)cn2)c1=O. The van der Waals surface area contributed by atoms with Crippen molar-refractivity contribution in [3.8, 4) is 11.5 Å². The number of nitrogens with one attached hydrogen (secondary N) is 1. The number of pyridine rings is 2. The number of benzene rings is 1. The van der Waals surface area contributed by atoms with Gasteiger partial charge in [0.15, 0.2) is 5.69 Å². The standard InChI is InChI=1S/C27H24ClN5O5/c1-3-21(34)12-17-14-31-27(33(25(17)35)16-20-5-4-18(28)15-30-20)32-19-6-8-22(9-7-19)38-23-10-11-29-24(13-23)26(36)37-2/h4-11,13-15H,3,12,16H2,1-2H3,(H,31,32). The van der Waals surface area contributed by atoms with Crippen LogP contribution in [0.5, 0.6) is 11.5 Å². The Morgan fingerprint density at radius 2 is 1.79 bits per heavy atom. The molecule has 4 rings (SSSR count). The number of esters is 1. The molecule has 0 saturated carbocycles. The van der Waals surface area contributed by atoms with E-state index < -0.39 is 5.97 Å². The number of nitrogens with zero attached hydrogens (tertiary/aromatic N) is 4. The molecule has 1 N–H and O–H groups in total. The second-order valence-corrected chi connectivity index (χ2v) is 8.59. The zero-order valence-electron chi connectivity index (χ0n) is 20.7. The number of halogens is 1. The van der Waals surface area contributed by atoms with Crippen molar-refractivity contribution in [2.24, 2.45) is 0 Å². The molecule has 0 fully saturated rings. The van der Waals surface area contributed by atoms with Crippen molar-refractivity contribution in [2.45, 2.75) is 26.3 Å². The fourth-order valence-electron chi connectivity index (χ4n) is 3.46. The predicted molar refractivity (Wildman–Crippen MR) is 141 cm³/mol. The fourth-order valence-corrected chi connectivity index (χ4v) is 3.57. The van der Waals surface area contributed by atoms with Gasteiger partial charge in [-0.05, 0) is 42.5 Å². The molecule has 0 amide bonds. The third-order valence-corrected chi connectivity index (χ3v) is 5.70. The van der Waals surface area contributed by atoms with Crippen LogP contribution in [0.2, 0.25) is 5.02 Å². The summed E-state index contributed by atoms with van der Waals surface area (Å²) in [6.45, 7) is 1.88. The Balaban J connectivity index is 1.57. The van der Waals surface area contributed by atoms with Crippen LogP contribution in [0.25, 0.3) is 0 Å². The monoisotopic (exact) mass is 533 g/mol. The molecule has 10 nitrogen and oxygen atoms in total. The van der Waals surface area contributed by atoms with Crippen LogP contribution in [0.3, 0.4) is 0 Å². The summed E-state index contributed by atoms with van der Waals surface area (Å²) >= 11 is 5.95. The Kier molecular flexibility index (Phi) is 8.44. The maximum Gasteiger partial charge on any atom is 0.356 e. The van der Waals surface area contributed by atoms with Gasteiger partial charge in [-0.15, -0.1) is 0 Å². The largest absolute Gasteiger partial charge is 0.464 e. The summed E-state index contributed by atoms with van der Waals surface area (Å²) < 4.78 is 11.9. The number of hydrogen-bond donors (Lipinski definition) is 1. The zero-order chi connectivity index (χ0) is 27.1. The second kappa shape index (κ2) is 12.1. The van der Waals surface area contributed by atoms with Crippen molar-refractivity contribution in [1.82, 2.24) is 19.5 Å². The number of ether oxygens (including phenoxy) is 2. The van der Waals surface area contributed by atoms with E-state index in [1.54, 1.807) is 49.4 Å². The lowest BCUT2D eigenvalue weighted by Crippen LogP contribution is -2.28. The minimum Gasteiger partial charge on any atom is -0.464 e. The molecule has 0 radical (unpaired) electrons. The van der Waals surface area contributed by atoms with Crippen molar-refractivity contribution in [3.05, 3.63) is 99.4 Å². The average molecular weight is 534 g/mol. The summed E-state index contributed by atoms with van der Waals surface area (Å²) in [4.78, 5) is 49.6. The lowest BCUT2D eigenvalue weighted by atomic mass is 10.1. The van der Waals surface area contributed by atoms with Crippen LogP contribution in [-0.4, -0.2) is 38.4 Å². The van der Waals surface area contributed by atoms with Gasteiger partial charge < -0.3 is 14.8 Å². The molecule has 38 heavy (non-hydrogen) atoms. The molecular formula is C27H24ClN5O5.